The Bertz CT molecular complexity index is 1130. The summed E-state index contributed by atoms with van der Waals surface area (Å²) in [5.41, 5.74) is 0.870. The Morgan fingerprint density at radius 1 is 0.800 bits per heavy atom. The van der Waals surface area contributed by atoms with Crippen molar-refractivity contribution in [3.05, 3.63) is 35.9 Å². The molecule has 1 aliphatic rings. The number of hydrogen-bond acceptors (Lipinski definition) is 5. The minimum atomic E-state index is -0.921. The second kappa shape index (κ2) is 17.9. The number of carbonyl (C=O) groups is 5. The van der Waals surface area contributed by atoms with Crippen LogP contribution in [0.15, 0.2) is 30.3 Å². The number of amides is 5. The van der Waals surface area contributed by atoms with E-state index in [2.05, 4.69) is 10.6 Å². The number of benzene rings is 1. The second-order valence-electron chi connectivity index (χ2n) is 13.4. The first-order chi connectivity index (χ1) is 21.2. The number of nitrogens with one attached hydrogen (secondary N) is 2. The Kier molecular flexibility index (Phi) is 15.0. The van der Waals surface area contributed by atoms with Gasteiger partial charge in [-0.15, -0.1) is 0 Å². The van der Waals surface area contributed by atoms with E-state index in [1.165, 1.54) is 16.7 Å². The molecule has 1 aromatic carbocycles. The molecule has 5 atom stereocenters. The van der Waals surface area contributed by atoms with Gasteiger partial charge in [0.15, 0.2) is 0 Å². The maximum atomic E-state index is 14.3. The summed E-state index contributed by atoms with van der Waals surface area (Å²) in [7, 11) is 3.18. The normalized spacial score (nSPS) is 16.7. The zero-order valence-corrected chi connectivity index (χ0v) is 29.0. The molecule has 1 heterocycles. The van der Waals surface area contributed by atoms with E-state index in [1.807, 2.05) is 76.8 Å². The highest BCUT2D eigenvalue weighted by atomic mass is 16.2. The van der Waals surface area contributed by atoms with Crippen LogP contribution in [-0.4, -0.2) is 95.6 Å². The molecule has 5 amide bonds. The summed E-state index contributed by atoms with van der Waals surface area (Å²) in [4.78, 5) is 72.4. The smallest absolute Gasteiger partial charge is 0.245 e. The lowest BCUT2D eigenvalue weighted by Crippen LogP contribution is -2.60. The molecule has 1 fully saturated rings. The van der Waals surface area contributed by atoms with E-state index >= 15 is 0 Å². The summed E-state index contributed by atoms with van der Waals surface area (Å²) in [5, 5.41) is 5.79. The molecule has 1 saturated heterocycles. The third-order valence-corrected chi connectivity index (χ3v) is 8.92. The van der Waals surface area contributed by atoms with Crippen LogP contribution >= 0.6 is 0 Å². The fourth-order valence-electron chi connectivity index (χ4n) is 5.85. The highest BCUT2D eigenvalue weighted by molar-refractivity contribution is 5.95. The van der Waals surface area contributed by atoms with Gasteiger partial charge in [-0.05, 0) is 49.0 Å². The average Bonchev–Trinajstić information content (AvgIpc) is 3.02. The van der Waals surface area contributed by atoms with Crippen molar-refractivity contribution < 1.29 is 24.0 Å². The molecule has 0 unspecified atom stereocenters. The first kappa shape index (κ1) is 37.8. The van der Waals surface area contributed by atoms with Crippen molar-refractivity contribution in [2.75, 3.05) is 27.2 Å². The summed E-state index contributed by atoms with van der Waals surface area (Å²) in [6, 6.07) is 6.20. The van der Waals surface area contributed by atoms with E-state index in [4.69, 9.17) is 0 Å². The quantitative estimate of drug-likeness (QED) is 0.308. The molecular weight excluding hydrogens is 570 g/mol. The van der Waals surface area contributed by atoms with Crippen LogP contribution in [0.2, 0.25) is 0 Å². The standard InChI is InChI=1S/C35H57N5O5/c1-10-25(6)31(35(45)40-19-15-12-16-20-40)37-32(42)28(22-27-17-13-11-14-18-27)38(8)33(43)29(21-23(2)3)39(9)34(44)30(24(4)5)36-26(7)41/h11,13-14,17-18,23-25,28-31H,10,12,15-16,19-22H2,1-9H3,(H,36,41)(H,37,42)/t25-,28-,29-,30-,31-/m0/s1. The van der Waals surface area contributed by atoms with Crippen molar-refractivity contribution in [2.45, 2.75) is 111 Å². The molecule has 0 spiro atoms. The van der Waals surface area contributed by atoms with Gasteiger partial charge < -0.3 is 25.3 Å². The molecule has 0 aliphatic carbocycles. The molecule has 0 bridgehead atoms. The van der Waals surface area contributed by atoms with Crippen LogP contribution in [0.4, 0.5) is 0 Å². The van der Waals surface area contributed by atoms with Crippen LogP contribution in [0.3, 0.4) is 0 Å². The van der Waals surface area contributed by atoms with Gasteiger partial charge in [-0.2, -0.15) is 0 Å². The van der Waals surface area contributed by atoms with Gasteiger partial charge in [0.1, 0.15) is 24.2 Å². The SMILES string of the molecule is CC[C@H](C)[C@H](NC(=O)[C@H](Cc1ccccc1)N(C)C(=O)[C@H](CC(C)C)N(C)C(=O)[C@@H](NC(C)=O)C(C)C)C(=O)N1CCCCC1. The molecule has 2 rings (SSSR count). The van der Waals surface area contributed by atoms with Crippen molar-refractivity contribution in [1.82, 2.24) is 25.3 Å². The highest BCUT2D eigenvalue weighted by Crippen LogP contribution is 2.20. The zero-order valence-electron chi connectivity index (χ0n) is 29.0. The zero-order chi connectivity index (χ0) is 33.8. The van der Waals surface area contributed by atoms with E-state index in [1.54, 1.807) is 14.1 Å². The molecular formula is C35H57N5O5. The van der Waals surface area contributed by atoms with E-state index in [-0.39, 0.29) is 47.8 Å². The van der Waals surface area contributed by atoms with Crippen LogP contribution < -0.4 is 10.6 Å². The molecule has 0 radical (unpaired) electrons. The lowest BCUT2D eigenvalue weighted by Gasteiger charge is -2.38. The Labute approximate surface area is 270 Å². The third-order valence-electron chi connectivity index (χ3n) is 8.92. The van der Waals surface area contributed by atoms with Crippen molar-refractivity contribution >= 4 is 29.5 Å². The second-order valence-corrected chi connectivity index (χ2v) is 13.4. The number of carbonyl (C=O) groups excluding carboxylic acids is 5. The monoisotopic (exact) mass is 627 g/mol. The molecule has 2 N–H and O–H groups in total. The molecule has 45 heavy (non-hydrogen) atoms. The summed E-state index contributed by atoms with van der Waals surface area (Å²) in [6.07, 6.45) is 4.31. The number of likely N-dealkylation sites (tertiary alicyclic amines) is 1. The van der Waals surface area contributed by atoms with E-state index in [9.17, 15) is 24.0 Å². The van der Waals surface area contributed by atoms with Gasteiger partial charge in [-0.1, -0.05) is 78.3 Å². The van der Waals surface area contributed by atoms with Crippen molar-refractivity contribution in [1.29, 1.82) is 0 Å². The Morgan fingerprint density at radius 3 is 1.89 bits per heavy atom. The lowest BCUT2D eigenvalue weighted by molar-refractivity contribution is -0.150. The molecule has 10 heteroatoms. The Balaban J connectivity index is 2.45. The number of nitrogens with zero attached hydrogens (tertiary/aromatic N) is 3. The minimum absolute atomic E-state index is 0.0687. The van der Waals surface area contributed by atoms with Crippen molar-refractivity contribution in [3.8, 4) is 0 Å². The van der Waals surface area contributed by atoms with Gasteiger partial charge in [0.25, 0.3) is 0 Å². The third kappa shape index (κ3) is 10.9. The maximum absolute atomic E-state index is 14.3. The van der Waals surface area contributed by atoms with Crippen LogP contribution in [0.5, 0.6) is 0 Å². The van der Waals surface area contributed by atoms with Gasteiger partial charge in [0, 0.05) is 40.5 Å². The molecule has 0 aromatic heterocycles. The fraction of sp³-hybridized carbons (Fsp3) is 0.686. The van der Waals surface area contributed by atoms with Crippen LogP contribution in [0, 0.1) is 17.8 Å². The van der Waals surface area contributed by atoms with E-state index < -0.39 is 30.1 Å². The van der Waals surface area contributed by atoms with Crippen LogP contribution in [-0.2, 0) is 30.4 Å². The summed E-state index contributed by atoms with van der Waals surface area (Å²) >= 11 is 0. The largest absolute Gasteiger partial charge is 0.344 e. The molecule has 10 nitrogen and oxygen atoms in total. The minimum Gasteiger partial charge on any atom is -0.344 e. The molecule has 1 aliphatic heterocycles. The number of hydrogen-bond donors (Lipinski definition) is 2. The average molecular weight is 628 g/mol. The highest BCUT2D eigenvalue weighted by Gasteiger charge is 2.39. The predicted octanol–water partition coefficient (Wildman–Crippen LogP) is 3.63. The number of rotatable bonds is 15. The topological polar surface area (TPSA) is 119 Å². The number of piperidine rings is 1. The van der Waals surface area contributed by atoms with Crippen molar-refractivity contribution in [2.24, 2.45) is 17.8 Å². The number of likely N-dealkylation sites (N-methyl/N-ethyl adjacent to an activating group) is 2. The summed E-state index contributed by atoms with van der Waals surface area (Å²) in [5.74, 6) is -1.76. The first-order valence-electron chi connectivity index (χ1n) is 16.6. The predicted molar refractivity (Wildman–Crippen MR) is 177 cm³/mol. The first-order valence-corrected chi connectivity index (χ1v) is 16.6. The van der Waals surface area contributed by atoms with Gasteiger partial charge >= 0.3 is 0 Å². The Morgan fingerprint density at radius 2 is 1.38 bits per heavy atom. The van der Waals surface area contributed by atoms with E-state index in [0.29, 0.717) is 25.9 Å². The summed E-state index contributed by atoms with van der Waals surface area (Å²) < 4.78 is 0. The fourth-order valence-corrected chi connectivity index (χ4v) is 5.85. The summed E-state index contributed by atoms with van der Waals surface area (Å²) in [6.45, 7) is 14.3. The lowest BCUT2D eigenvalue weighted by atomic mass is 9.95. The molecule has 1 aromatic rings. The van der Waals surface area contributed by atoms with Gasteiger partial charge in [-0.25, -0.2) is 0 Å². The molecule has 0 saturated carbocycles. The van der Waals surface area contributed by atoms with Gasteiger partial charge in [0.2, 0.25) is 29.5 Å². The van der Waals surface area contributed by atoms with Crippen molar-refractivity contribution in [3.63, 3.8) is 0 Å². The molecule has 252 valence electrons. The van der Waals surface area contributed by atoms with E-state index in [0.717, 1.165) is 24.8 Å². The Hall–Kier alpha value is -3.43. The van der Waals surface area contributed by atoms with Crippen LogP contribution in [0.25, 0.3) is 0 Å². The van der Waals surface area contributed by atoms with Gasteiger partial charge in [0.05, 0.1) is 0 Å². The maximum Gasteiger partial charge on any atom is 0.245 e. The van der Waals surface area contributed by atoms with Crippen LogP contribution in [0.1, 0.15) is 86.1 Å². The van der Waals surface area contributed by atoms with Gasteiger partial charge in [-0.3, -0.25) is 24.0 Å².